The predicted octanol–water partition coefficient (Wildman–Crippen LogP) is 3.01. The molecule has 2 aromatic heterocycles. The molecular formula is C14H9ClN2O. The number of hydrogen-bond acceptors (Lipinski definition) is 2. The Morgan fingerprint density at radius 2 is 1.78 bits per heavy atom. The zero-order chi connectivity index (χ0) is 12.5. The van der Waals surface area contributed by atoms with Crippen LogP contribution in [0, 0.1) is 0 Å². The van der Waals surface area contributed by atoms with E-state index in [0.717, 1.165) is 5.56 Å². The van der Waals surface area contributed by atoms with E-state index in [9.17, 15) is 4.79 Å². The summed E-state index contributed by atoms with van der Waals surface area (Å²) >= 11 is 5.98. The summed E-state index contributed by atoms with van der Waals surface area (Å²) in [6, 6.07) is 16.3. The van der Waals surface area contributed by atoms with Gasteiger partial charge in [0.15, 0.2) is 0 Å². The van der Waals surface area contributed by atoms with Crippen LogP contribution in [0.5, 0.6) is 0 Å². The van der Waals surface area contributed by atoms with Crippen molar-refractivity contribution in [3.8, 4) is 11.3 Å². The van der Waals surface area contributed by atoms with Crippen molar-refractivity contribution in [1.82, 2.24) is 9.38 Å². The van der Waals surface area contributed by atoms with Crippen LogP contribution in [0.3, 0.4) is 0 Å². The molecule has 3 aromatic rings. The van der Waals surface area contributed by atoms with Crippen molar-refractivity contribution in [2.45, 2.75) is 0 Å². The number of halogens is 1. The van der Waals surface area contributed by atoms with Crippen molar-refractivity contribution < 1.29 is 0 Å². The molecule has 0 amide bonds. The first-order chi connectivity index (χ1) is 8.75. The summed E-state index contributed by atoms with van der Waals surface area (Å²) in [6.45, 7) is 0. The van der Waals surface area contributed by atoms with Crippen molar-refractivity contribution in [3.05, 3.63) is 70.1 Å². The van der Waals surface area contributed by atoms with E-state index >= 15 is 0 Å². The van der Waals surface area contributed by atoms with E-state index in [2.05, 4.69) is 4.98 Å². The van der Waals surface area contributed by atoms with Gasteiger partial charge in [0.2, 0.25) is 0 Å². The monoisotopic (exact) mass is 256 g/mol. The Balaban J connectivity index is 2.33. The molecule has 0 spiro atoms. The van der Waals surface area contributed by atoms with Crippen LogP contribution in [0.4, 0.5) is 0 Å². The zero-order valence-electron chi connectivity index (χ0n) is 9.38. The molecule has 0 radical (unpaired) electrons. The molecule has 0 saturated carbocycles. The highest BCUT2D eigenvalue weighted by Gasteiger charge is 2.06. The molecule has 2 heterocycles. The van der Waals surface area contributed by atoms with Gasteiger partial charge in [0.1, 0.15) is 10.8 Å². The third kappa shape index (κ3) is 1.79. The molecule has 88 valence electrons. The van der Waals surface area contributed by atoms with Gasteiger partial charge in [0.05, 0.1) is 5.69 Å². The smallest absolute Gasteiger partial charge is 0.259 e. The fourth-order valence-corrected chi connectivity index (χ4v) is 2.11. The van der Waals surface area contributed by atoms with E-state index in [0.29, 0.717) is 16.5 Å². The van der Waals surface area contributed by atoms with Gasteiger partial charge in [-0.3, -0.25) is 9.20 Å². The molecule has 18 heavy (non-hydrogen) atoms. The van der Waals surface area contributed by atoms with E-state index in [1.165, 1.54) is 10.5 Å². The van der Waals surface area contributed by atoms with Gasteiger partial charge in [-0.05, 0) is 12.1 Å². The average molecular weight is 257 g/mol. The first-order valence-electron chi connectivity index (χ1n) is 5.49. The standard InChI is InChI=1S/C14H9ClN2O/c15-12-7-4-8-13-16-11(9-14(18)17(12)13)10-5-2-1-3-6-10/h1-9H. The van der Waals surface area contributed by atoms with Gasteiger partial charge in [0, 0.05) is 11.6 Å². The van der Waals surface area contributed by atoms with E-state index in [-0.39, 0.29) is 5.56 Å². The second-order valence-electron chi connectivity index (χ2n) is 3.89. The highest BCUT2D eigenvalue weighted by Crippen LogP contribution is 2.16. The summed E-state index contributed by atoms with van der Waals surface area (Å²) in [4.78, 5) is 16.5. The molecule has 0 saturated heterocycles. The molecule has 0 bridgehead atoms. The molecule has 0 unspecified atom stereocenters. The summed E-state index contributed by atoms with van der Waals surface area (Å²) < 4.78 is 1.38. The molecule has 0 fully saturated rings. The van der Waals surface area contributed by atoms with E-state index in [1.54, 1.807) is 18.2 Å². The first kappa shape index (κ1) is 11.0. The molecule has 0 aliphatic carbocycles. The second-order valence-corrected chi connectivity index (χ2v) is 4.28. The molecule has 0 N–H and O–H groups in total. The fourth-order valence-electron chi connectivity index (χ4n) is 1.87. The lowest BCUT2D eigenvalue weighted by atomic mass is 10.1. The van der Waals surface area contributed by atoms with Crippen molar-refractivity contribution >= 4 is 17.2 Å². The number of hydrogen-bond donors (Lipinski definition) is 0. The Bertz CT molecular complexity index is 766. The minimum Gasteiger partial charge on any atom is -0.269 e. The summed E-state index contributed by atoms with van der Waals surface area (Å²) in [5.41, 5.74) is 1.94. The van der Waals surface area contributed by atoms with Gasteiger partial charge in [-0.25, -0.2) is 4.98 Å². The zero-order valence-corrected chi connectivity index (χ0v) is 10.1. The fraction of sp³-hybridized carbons (Fsp3) is 0. The van der Waals surface area contributed by atoms with Gasteiger partial charge >= 0.3 is 0 Å². The van der Waals surface area contributed by atoms with Crippen LogP contribution in [0.1, 0.15) is 0 Å². The highest BCUT2D eigenvalue weighted by atomic mass is 35.5. The third-order valence-electron chi connectivity index (χ3n) is 2.71. The predicted molar refractivity (Wildman–Crippen MR) is 71.9 cm³/mol. The van der Waals surface area contributed by atoms with Crippen LogP contribution in [-0.2, 0) is 0 Å². The van der Waals surface area contributed by atoms with Crippen molar-refractivity contribution in [3.63, 3.8) is 0 Å². The quantitative estimate of drug-likeness (QED) is 0.627. The maximum Gasteiger partial charge on any atom is 0.259 e. The van der Waals surface area contributed by atoms with Gasteiger partial charge in [0.25, 0.3) is 5.56 Å². The Morgan fingerprint density at radius 3 is 2.56 bits per heavy atom. The number of nitrogens with zero attached hydrogens (tertiary/aromatic N) is 2. The Kier molecular flexibility index (Phi) is 2.61. The SMILES string of the molecule is O=c1cc(-c2ccccc2)nc2cccc(Cl)n12. The number of aromatic nitrogens is 2. The lowest BCUT2D eigenvalue weighted by molar-refractivity contribution is 1.05. The minimum absolute atomic E-state index is 0.176. The van der Waals surface area contributed by atoms with E-state index in [1.807, 2.05) is 30.3 Å². The molecule has 0 atom stereocenters. The van der Waals surface area contributed by atoms with Gasteiger partial charge < -0.3 is 0 Å². The molecule has 3 rings (SSSR count). The van der Waals surface area contributed by atoms with E-state index < -0.39 is 0 Å². The van der Waals surface area contributed by atoms with Crippen LogP contribution in [-0.4, -0.2) is 9.38 Å². The maximum atomic E-state index is 12.0. The van der Waals surface area contributed by atoms with Gasteiger partial charge in [-0.1, -0.05) is 48.0 Å². The highest BCUT2D eigenvalue weighted by molar-refractivity contribution is 6.29. The normalized spacial score (nSPS) is 10.7. The Hall–Kier alpha value is -2.13. The molecule has 0 aliphatic heterocycles. The number of fused-ring (bicyclic) bond motifs is 1. The lowest BCUT2D eigenvalue weighted by Crippen LogP contribution is -2.14. The van der Waals surface area contributed by atoms with Crippen molar-refractivity contribution in [2.75, 3.05) is 0 Å². The second kappa shape index (κ2) is 4.27. The van der Waals surface area contributed by atoms with Gasteiger partial charge in [-0.15, -0.1) is 0 Å². The van der Waals surface area contributed by atoms with E-state index in [4.69, 9.17) is 11.6 Å². The molecule has 4 heteroatoms. The number of rotatable bonds is 1. The Labute approximate surface area is 108 Å². The largest absolute Gasteiger partial charge is 0.269 e. The average Bonchev–Trinajstić information content (AvgIpc) is 2.39. The number of pyridine rings is 1. The summed E-state index contributed by atoms with van der Waals surface area (Å²) in [5.74, 6) is 0. The lowest BCUT2D eigenvalue weighted by Gasteiger charge is -2.05. The summed E-state index contributed by atoms with van der Waals surface area (Å²) in [7, 11) is 0. The molecule has 1 aromatic carbocycles. The van der Waals surface area contributed by atoms with Crippen LogP contribution in [0.2, 0.25) is 5.15 Å². The van der Waals surface area contributed by atoms with Gasteiger partial charge in [-0.2, -0.15) is 0 Å². The van der Waals surface area contributed by atoms with Crippen LogP contribution >= 0.6 is 11.6 Å². The number of benzene rings is 1. The molecule has 0 aliphatic rings. The van der Waals surface area contributed by atoms with Crippen molar-refractivity contribution in [1.29, 1.82) is 0 Å². The third-order valence-corrected chi connectivity index (χ3v) is 3.00. The molecule has 3 nitrogen and oxygen atoms in total. The first-order valence-corrected chi connectivity index (χ1v) is 5.87. The summed E-state index contributed by atoms with van der Waals surface area (Å²) in [6.07, 6.45) is 0. The topological polar surface area (TPSA) is 34.4 Å². The van der Waals surface area contributed by atoms with Crippen LogP contribution in [0.15, 0.2) is 59.4 Å². The maximum absolute atomic E-state index is 12.0. The Morgan fingerprint density at radius 1 is 1.00 bits per heavy atom. The van der Waals surface area contributed by atoms with Crippen LogP contribution in [0.25, 0.3) is 16.9 Å². The van der Waals surface area contributed by atoms with Crippen LogP contribution < -0.4 is 5.56 Å². The summed E-state index contributed by atoms with van der Waals surface area (Å²) in [5, 5.41) is 0.365. The minimum atomic E-state index is -0.176. The molecular weight excluding hydrogens is 248 g/mol. The van der Waals surface area contributed by atoms with Crippen molar-refractivity contribution in [2.24, 2.45) is 0 Å².